The second-order valence-corrected chi connectivity index (χ2v) is 8.70. The zero-order valence-electron chi connectivity index (χ0n) is 16.5. The van der Waals surface area contributed by atoms with Crippen LogP contribution in [0.4, 0.5) is 16.5 Å². The van der Waals surface area contributed by atoms with Gasteiger partial charge >= 0.3 is 0 Å². The fourth-order valence-electron chi connectivity index (χ4n) is 2.91. The number of fused-ring (bicyclic) bond motifs is 1. The number of thioether (sulfide) groups is 1. The summed E-state index contributed by atoms with van der Waals surface area (Å²) in [5.41, 5.74) is 1.90. The number of anilines is 3. The molecule has 3 aromatic rings. The van der Waals surface area contributed by atoms with E-state index in [0.717, 1.165) is 16.3 Å². The molecular formula is C20H17N5O4S2. The van der Waals surface area contributed by atoms with Crippen molar-refractivity contribution < 1.29 is 19.1 Å². The van der Waals surface area contributed by atoms with Gasteiger partial charge in [0.25, 0.3) is 11.8 Å². The highest BCUT2D eigenvalue weighted by Crippen LogP contribution is 2.29. The van der Waals surface area contributed by atoms with Crippen molar-refractivity contribution in [1.82, 2.24) is 15.1 Å². The number of carbonyl (C=O) groups is 3. The van der Waals surface area contributed by atoms with Crippen molar-refractivity contribution in [3.05, 3.63) is 53.6 Å². The van der Waals surface area contributed by atoms with Crippen molar-refractivity contribution in [2.45, 2.75) is 4.34 Å². The van der Waals surface area contributed by atoms with Crippen LogP contribution in [0, 0.1) is 0 Å². The van der Waals surface area contributed by atoms with E-state index in [0.29, 0.717) is 20.7 Å². The third-order valence-corrected chi connectivity index (χ3v) is 6.40. The van der Waals surface area contributed by atoms with Gasteiger partial charge in [-0.25, -0.2) is 0 Å². The van der Waals surface area contributed by atoms with Gasteiger partial charge in [-0.3, -0.25) is 19.3 Å². The Morgan fingerprint density at radius 2 is 1.90 bits per heavy atom. The summed E-state index contributed by atoms with van der Waals surface area (Å²) in [5.74, 6) is -0.131. The molecule has 2 N–H and O–H groups in total. The molecule has 11 heteroatoms. The Bertz CT molecular complexity index is 1180. The van der Waals surface area contributed by atoms with Crippen LogP contribution in [0.15, 0.2) is 46.8 Å². The van der Waals surface area contributed by atoms with Gasteiger partial charge in [0.05, 0.1) is 24.0 Å². The molecule has 0 aliphatic carbocycles. The van der Waals surface area contributed by atoms with E-state index in [1.165, 1.54) is 36.2 Å². The van der Waals surface area contributed by atoms with Crippen LogP contribution in [-0.4, -0.2) is 52.7 Å². The van der Waals surface area contributed by atoms with Crippen LogP contribution in [0.5, 0.6) is 5.75 Å². The minimum atomic E-state index is -0.379. The van der Waals surface area contributed by atoms with Gasteiger partial charge in [0.15, 0.2) is 4.34 Å². The Hall–Kier alpha value is -3.44. The van der Waals surface area contributed by atoms with E-state index in [-0.39, 0.29) is 29.0 Å². The number of benzene rings is 2. The summed E-state index contributed by atoms with van der Waals surface area (Å²) in [5, 5.41) is 14.6. The van der Waals surface area contributed by atoms with E-state index >= 15 is 0 Å². The lowest BCUT2D eigenvalue weighted by atomic mass is 10.1. The van der Waals surface area contributed by atoms with Crippen LogP contribution in [0.2, 0.25) is 0 Å². The van der Waals surface area contributed by atoms with Gasteiger partial charge in [0.2, 0.25) is 11.0 Å². The molecule has 0 fully saturated rings. The van der Waals surface area contributed by atoms with Gasteiger partial charge in [-0.05, 0) is 30.3 Å². The van der Waals surface area contributed by atoms with Crippen molar-refractivity contribution >= 4 is 57.3 Å². The Balaban J connectivity index is 1.33. The van der Waals surface area contributed by atoms with Gasteiger partial charge in [0, 0.05) is 24.5 Å². The predicted molar refractivity (Wildman–Crippen MR) is 118 cm³/mol. The second kappa shape index (κ2) is 8.74. The maximum Gasteiger partial charge on any atom is 0.261 e. The van der Waals surface area contributed by atoms with E-state index < -0.39 is 0 Å². The molecule has 31 heavy (non-hydrogen) atoms. The fourth-order valence-corrected chi connectivity index (χ4v) is 4.48. The molecule has 3 amide bonds. The van der Waals surface area contributed by atoms with Crippen molar-refractivity contribution in [3.63, 3.8) is 0 Å². The fraction of sp³-hybridized carbons (Fsp3) is 0.150. The summed E-state index contributed by atoms with van der Waals surface area (Å²) in [6.07, 6.45) is 0. The number of ether oxygens (including phenoxy) is 1. The van der Waals surface area contributed by atoms with Crippen LogP contribution < -0.4 is 15.4 Å². The van der Waals surface area contributed by atoms with Crippen LogP contribution in [0.25, 0.3) is 0 Å². The molecule has 0 radical (unpaired) electrons. The standard InChI is InChI=1S/C20H17N5O4S2/c1-25-17(27)14-7-6-12(9-15(14)18(25)28)21-16(26)10-30-20-24-23-19(31-20)22-11-4-3-5-13(8-11)29-2/h3-9H,10H2,1-2H3,(H,21,26)(H,22,23). The van der Waals surface area contributed by atoms with Crippen LogP contribution in [0.1, 0.15) is 20.7 Å². The molecule has 9 nitrogen and oxygen atoms in total. The molecular weight excluding hydrogens is 438 g/mol. The number of nitrogens with one attached hydrogen (secondary N) is 2. The second-order valence-electron chi connectivity index (χ2n) is 6.50. The molecule has 0 atom stereocenters. The first kappa shape index (κ1) is 20.8. The molecule has 2 heterocycles. The predicted octanol–water partition coefficient (Wildman–Crippen LogP) is 3.25. The molecule has 1 aliphatic rings. The quantitative estimate of drug-likeness (QED) is 0.412. The lowest BCUT2D eigenvalue weighted by Gasteiger charge is -2.05. The first-order chi connectivity index (χ1) is 14.9. The largest absolute Gasteiger partial charge is 0.497 e. The highest BCUT2D eigenvalue weighted by Gasteiger charge is 2.32. The number of hydrogen-bond donors (Lipinski definition) is 2. The lowest BCUT2D eigenvalue weighted by molar-refractivity contribution is -0.113. The average Bonchev–Trinajstić information content (AvgIpc) is 3.31. The molecule has 0 unspecified atom stereocenters. The maximum absolute atomic E-state index is 12.3. The highest BCUT2D eigenvalue weighted by molar-refractivity contribution is 8.01. The number of amides is 3. The molecule has 2 aromatic carbocycles. The minimum Gasteiger partial charge on any atom is -0.497 e. The van der Waals surface area contributed by atoms with Gasteiger partial charge in [-0.2, -0.15) is 0 Å². The van der Waals surface area contributed by atoms with E-state index in [1.54, 1.807) is 19.2 Å². The van der Waals surface area contributed by atoms with E-state index in [9.17, 15) is 14.4 Å². The van der Waals surface area contributed by atoms with E-state index in [2.05, 4.69) is 20.8 Å². The molecule has 4 rings (SSSR count). The maximum atomic E-state index is 12.3. The molecule has 0 spiro atoms. The third kappa shape index (κ3) is 4.52. The number of carbonyl (C=O) groups excluding carboxylic acids is 3. The Morgan fingerprint density at radius 3 is 2.71 bits per heavy atom. The van der Waals surface area contributed by atoms with Crippen molar-refractivity contribution in [3.8, 4) is 5.75 Å². The summed E-state index contributed by atoms with van der Waals surface area (Å²) in [6.45, 7) is 0. The lowest BCUT2D eigenvalue weighted by Crippen LogP contribution is -2.24. The molecule has 0 bridgehead atoms. The SMILES string of the molecule is COc1cccc(Nc2nnc(SCC(=O)Nc3ccc4c(c3)C(=O)N(C)C4=O)s2)c1. The van der Waals surface area contributed by atoms with E-state index in [1.807, 2.05) is 24.3 Å². The van der Waals surface area contributed by atoms with Crippen molar-refractivity contribution in [2.24, 2.45) is 0 Å². The van der Waals surface area contributed by atoms with Crippen LogP contribution >= 0.6 is 23.1 Å². The Labute approximate surface area is 185 Å². The average molecular weight is 456 g/mol. The first-order valence-electron chi connectivity index (χ1n) is 9.08. The monoisotopic (exact) mass is 455 g/mol. The van der Waals surface area contributed by atoms with Gasteiger partial charge < -0.3 is 15.4 Å². The summed E-state index contributed by atoms with van der Waals surface area (Å²) >= 11 is 2.58. The topological polar surface area (TPSA) is 114 Å². The Morgan fingerprint density at radius 1 is 1.10 bits per heavy atom. The highest BCUT2D eigenvalue weighted by atomic mass is 32.2. The molecule has 158 valence electrons. The van der Waals surface area contributed by atoms with Gasteiger partial charge in [0.1, 0.15) is 5.75 Å². The third-order valence-electron chi connectivity index (χ3n) is 4.43. The number of imide groups is 1. The minimum absolute atomic E-state index is 0.123. The van der Waals surface area contributed by atoms with Crippen LogP contribution in [0.3, 0.4) is 0 Å². The molecule has 1 aromatic heterocycles. The smallest absolute Gasteiger partial charge is 0.261 e. The molecule has 0 saturated heterocycles. The summed E-state index contributed by atoms with van der Waals surface area (Å²) in [6, 6.07) is 12.1. The summed E-state index contributed by atoms with van der Waals surface area (Å²) in [7, 11) is 3.03. The van der Waals surface area contributed by atoms with Gasteiger partial charge in [-0.1, -0.05) is 29.2 Å². The molecule has 0 saturated carbocycles. The Kier molecular flexibility index (Phi) is 5.87. The summed E-state index contributed by atoms with van der Waals surface area (Å²) in [4.78, 5) is 37.4. The zero-order chi connectivity index (χ0) is 22.0. The normalized spacial score (nSPS) is 12.6. The number of hydrogen-bond acceptors (Lipinski definition) is 9. The number of methoxy groups -OCH3 is 1. The summed E-state index contributed by atoms with van der Waals surface area (Å²) < 4.78 is 5.83. The molecule has 1 aliphatic heterocycles. The first-order valence-corrected chi connectivity index (χ1v) is 10.9. The van der Waals surface area contributed by atoms with E-state index in [4.69, 9.17) is 4.74 Å². The zero-order valence-corrected chi connectivity index (χ0v) is 18.2. The number of aromatic nitrogens is 2. The van der Waals surface area contributed by atoms with Crippen LogP contribution in [-0.2, 0) is 4.79 Å². The van der Waals surface area contributed by atoms with Crippen molar-refractivity contribution in [1.29, 1.82) is 0 Å². The van der Waals surface area contributed by atoms with Gasteiger partial charge in [-0.15, -0.1) is 10.2 Å². The number of rotatable bonds is 7. The van der Waals surface area contributed by atoms with Crippen molar-refractivity contribution in [2.75, 3.05) is 30.5 Å². The number of nitrogens with zero attached hydrogens (tertiary/aromatic N) is 3.